The highest BCUT2D eigenvalue weighted by Gasteiger charge is 2.30. The maximum absolute atomic E-state index is 15.1. The standard InChI is InChI=1S/C28H27ClFN5O5S/c1-19-2-5-21(6-3-19)28-31-27(32-40-28)24-11-4-20(16-25(24)30)17-26(39-18-36)33-41(37,38)35-14-12-34(13-15-35)23-9-7-22(29)8-10-23/h2-11,16,18,26,33H,12-15,17H2,1H3. The monoisotopic (exact) mass is 599 g/mol. The molecule has 10 nitrogen and oxygen atoms in total. The molecular formula is C28H27ClFN5O5S. The number of rotatable bonds is 10. The second kappa shape index (κ2) is 12.4. The SMILES string of the molecule is Cc1ccc(-c2nc(-c3ccc(CC(NS(=O)(=O)N4CCN(c5ccc(Cl)cc5)CC4)OC=O)cc3F)no2)cc1. The summed E-state index contributed by atoms with van der Waals surface area (Å²) >= 11 is 5.95. The summed E-state index contributed by atoms with van der Waals surface area (Å²) in [5.41, 5.74) is 3.24. The fourth-order valence-electron chi connectivity index (χ4n) is 4.49. The zero-order valence-corrected chi connectivity index (χ0v) is 23.6. The Morgan fingerprint density at radius 1 is 1.07 bits per heavy atom. The van der Waals surface area contributed by atoms with Crippen LogP contribution in [0.4, 0.5) is 10.1 Å². The quantitative estimate of drug-likeness (QED) is 0.213. The average molecular weight is 600 g/mol. The van der Waals surface area contributed by atoms with E-state index in [1.54, 1.807) is 18.2 Å². The Hall–Kier alpha value is -3.84. The van der Waals surface area contributed by atoms with Gasteiger partial charge in [0.05, 0.1) is 5.56 Å². The molecule has 0 amide bonds. The predicted molar refractivity (Wildman–Crippen MR) is 152 cm³/mol. The summed E-state index contributed by atoms with van der Waals surface area (Å²) in [7, 11) is -4.00. The Balaban J connectivity index is 1.23. The van der Waals surface area contributed by atoms with Crippen molar-refractivity contribution in [3.8, 4) is 22.8 Å². The summed E-state index contributed by atoms with van der Waals surface area (Å²) in [6.45, 7) is 3.50. The lowest BCUT2D eigenvalue weighted by Gasteiger charge is -2.35. The van der Waals surface area contributed by atoms with E-state index >= 15 is 4.39 Å². The Bertz CT molecular complexity index is 1610. The van der Waals surface area contributed by atoms with Gasteiger partial charge in [-0.25, -0.2) is 4.39 Å². The molecule has 1 aliphatic rings. The number of piperazine rings is 1. The molecule has 1 N–H and O–H groups in total. The van der Waals surface area contributed by atoms with Gasteiger partial charge in [-0.1, -0.05) is 40.5 Å². The number of benzene rings is 3. The molecule has 2 heterocycles. The van der Waals surface area contributed by atoms with E-state index in [1.807, 2.05) is 43.3 Å². The van der Waals surface area contributed by atoms with Crippen LogP contribution in [0.5, 0.6) is 0 Å². The van der Waals surface area contributed by atoms with Crippen molar-refractivity contribution in [2.24, 2.45) is 0 Å². The van der Waals surface area contributed by atoms with Crippen molar-refractivity contribution < 1.29 is 26.9 Å². The number of ether oxygens (including phenoxy) is 1. The van der Waals surface area contributed by atoms with E-state index in [1.165, 1.54) is 16.4 Å². The Morgan fingerprint density at radius 2 is 1.78 bits per heavy atom. The summed E-state index contributed by atoms with van der Waals surface area (Å²) in [5.74, 6) is -0.306. The first kappa shape index (κ1) is 28.7. The van der Waals surface area contributed by atoms with Gasteiger partial charge in [-0.3, -0.25) is 4.79 Å². The predicted octanol–water partition coefficient (Wildman–Crippen LogP) is 4.20. The Morgan fingerprint density at radius 3 is 2.44 bits per heavy atom. The molecule has 0 saturated carbocycles. The molecule has 5 rings (SSSR count). The molecular weight excluding hydrogens is 573 g/mol. The smallest absolute Gasteiger partial charge is 0.294 e. The highest BCUT2D eigenvalue weighted by Crippen LogP contribution is 2.26. The molecule has 0 spiro atoms. The highest BCUT2D eigenvalue weighted by atomic mass is 35.5. The first-order valence-electron chi connectivity index (χ1n) is 12.8. The van der Waals surface area contributed by atoms with Crippen LogP contribution in [0.1, 0.15) is 11.1 Å². The lowest BCUT2D eigenvalue weighted by Crippen LogP contribution is -2.54. The van der Waals surface area contributed by atoms with Gasteiger partial charge in [0.15, 0.2) is 6.23 Å². The number of nitrogens with one attached hydrogen (secondary N) is 1. The molecule has 4 aromatic rings. The van der Waals surface area contributed by atoms with Crippen LogP contribution in [0.3, 0.4) is 0 Å². The van der Waals surface area contributed by atoms with Crippen molar-refractivity contribution in [1.29, 1.82) is 0 Å². The average Bonchev–Trinajstić information content (AvgIpc) is 3.44. The second-order valence-electron chi connectivity index (χ2n) is 9.51. The Kier molecular flexibility index (Phi) is 8.64. The molecule has 0 aliphatic carbocycles. The van der Waals surface area contributed by atoms with Crippen LogP contribution in [-0.2, 0) is 26.2 Å². The first-order valence-corrected chi connectivity index (χ1v) is 14.6. The van der Waals surface area contributed by atoms with Crippen molar-refractivity contribution in [2.45, 2.75) is 19.6 Å². The lowest BCUT2D eigenvalue weighted by molar-refractivity contribution is -0.133. The van der Waals surface area contributed by atoms with E-state index < -0.39 is 22.3 Å². The second-order valence-corrected chi connectivity index (χ2v) is 11.7. The van der Waals surface area contributed by atoms with Crippen molar-refractivity contribution in [3.05, 3.63) is 88.7 Å². The minimum Gasteiger partial charge on any atom is -0.447 e. The van der Waals surface area contributed by atoms with Crippen LogP contribution in [0.2, 0.25) is 5.02 Å². The van der Waals surface area contributed by atoms with E-state index in [9.17, 15) is 13.2 Å². The van der Waals surface area contributed by atoms with Crippen LogP contribution in [0.15, 0.2) is 71.3 Å². The van der Waals surface area contributed by atoms with E-state index in [0.29, 0.717) is 29.2 Å². The molecule has 1 aliphatic heterocycles. The number of aryl methyl sites for hydroxylation is 1. The maximum Gasteiger partial charge on any atom is 0.294 e. The number of hydrogen-bond acceptors (Lipinski definition) is 8. The van der Waals surface area contributed by atoms with Gasteiger partial charge >= 0.3 is 0 Å². The van der Waals surface area contributed by atoms with E-state index in [4.69, 9.17) is 20.9 Å². The number of aromatic nitrogens is 2. The number of nitrogens with zero attached hydrogens (tertiary/aromatic N) is 4. The number of anilines is 1. The van der Waals surface area contributed by atoms with Crippen LogP contribution in [0, 0.1) is 12.7 Å². The van der Waals surface area contributed by atoms with Gasteiger partial charge in [-0.2, -0.15) is 22.4 Å². The fraction of sp³-hybridized carbons (Fsp3) is 0.250. The largest absolute Gasteiger partial charge is 0.447 e. The normalized spacial score (nSPS) is 15.0. The summed E-state index contributed by atoms with van der Waals surface area (Å²) in [4.78, 5) is 17.5. The van der Waals surface area contributed by atoms with Crippen LogP contribution >= 0.6 is 11.6 Å². The molecule has 1 unspecified atom stereocenters. The fourth-order valence-corrected chi connectivity index (χ4v) is 5.88. The van der Waals surface area contributed by atoms with Crippen LogP contribution in [-0.4, -0.2) is 61.7 Å². The third-order valence-electron chi connectivity index (χ3n) is 6.69. The number of carbonyl (C=O) groups is 1. The molecule has 1 fully saturated rings. The molecule has 0 radical (unpaired) electrons. The van der Waals surface area contributed by atoms with E-state index in [-0.39, 0.29) is 43.3 Å². The van der Waals surface area contributed by atoms with E-state index in [0.717, 1.165) is 11.3 Å². The number of halogens is 2. The maximum atomic E-state index is 15.1. The Labute approximate surface area is 241 Å². The third kappa shape index (κ3) is 6.91. The molecule has 1 atom stereocenters. The van der Waals surface area contributed by atoms with Gasteiger partial charge in [-0.15, -0.1) is 0 Å². The number of hydrogen-bond donors (Lipinski definition) is 1. The summed E-state index contributed by atoms with van der Waals surface area (Å²) in [6, 6.07) is 19.1. The molecule has 1 saturated heterocycles. The molecule has 0 bridgehead atoms. The topological polar surface area (TPSA) is 118 Å². The zero-order valence-electron chi connectivity index (χ0n) is 22.0. The van der Waals surface area contributed by atoms with Crippen molar-refractivity contribution in [3.63, 3.8) is 0 Å². The zero-order chi connectivity index (χ0) is 29.0. The molecule has 13 heteroatoms. The van der Waals surface area contributed by atoms with Gasteiger partial charge < -0.3 is 14.2 Å². The van der Waals surface area contributed by atoms with Crippen molar-refractivity contribution >= 4 is 34.0 Å². The molecule has 214 valence electrons. The molecule has 41 heavy (non-hydrogen) atoms. The summed E-state index contributed by atoms with van der Waals surface area (Å²) in [5, 5.41) is 4.51. The van der Waals surface area contributed by atoms with Crippen molar-refractivity contribution in [1.82, 2.24) is 19.2 Å². The van der Waals surface area contributed by atoms with Crippen LogP contribution in [0.25, 0.3) is 22.8 Å². The van der Waals surface area contributed by atoms with Gasteiger partial charge in [0.1, 0.15) is 5.82 Å². The van der Waals surface area contributed by atoms with Gasteiger partial charge in [-0.05, 0) is 61.0 Å². The van der Waals surface area contributed by atoms with Crippen LogP contribution < -0.4 is 9.62 Å². The minimum atomic E-state index is -4.00. The molecule has 1 aromatic heterocycles. The van der Waals surface area contributed by atoms with Gasteiger partial charge in [0, 0.05) is 48.9 Å². The summed E-state index contributed by atoms with van der Waals surface area (Å²) < 4.78 is 55.2. The summed E-state index contributed by atoms with van der Waals surface area (Å²) in [6.07, 6.45) is -1.34. The first-order chi connectivity index (χ1) is 19.7. The number of carbonyl (C=O) groups excluding carboxylic acids is 1. The van der Waals surface area contributed by atoms with Crippen molar-refractivity contribution in [2.75, 3.05) is 31.1 Å². The third-order valence-corrected chi connectivity index (χ3v) is 8.55. The van der Waals surface area contributed by atoms with Gasteiger partial charge in [0.25, 0.3) is 22.6 Å². The van der Waals surface area contributed by atoms with E-state index in [2.05, 4.69) is 19.8 Å². The highest BCUT2D eigenvalue weighted by molar-refractivity contribution is 7.87. The van der Waals surface area contributed by atoms with Gasteiger partial charge in [0.2, 0.25) is 5.82 Å². The minimum absolute atomic E-state index is 0.0729. The molecule has 3 aromatic carbocycles. The lowest BCUT2D eigenvalue weighted by atomic mass is 10.1.